The number of guanidine groups is 1. The van der Waals surface area contributed by atoms with Gasteiger partial charge in [0.25, 0.3) is 0 Å². The molecule has 2 aromatic rings. The highest BCUT2D eigenvalue weighted by molar-refractivity contribution is 14.0. The van der Waals surface area contributed by atoms with E-state index < -0.39 is 0 Å². The van der Waals surface area contributed by atoms with Gasteiger partial charge in [-0.2, -0.15) is 0 Å². The van der Waals surface area contributed by atoms with Gasteiger partial charge in [0.15, 0.2) is 5.96 Å². The summed E-state index contributed by atoms with van der Waals surface area (Å²) in [5.74, 6) is 1.55. The predicted octanol–water partition coefficient (Wildman–Crippen LogP) is 3.94. The normalized spacial score (nSPS) is 16.0. The summed E-state index contributed by atoms with van der Waals surface area (Å²) in [4.78, 5) is 23.0. The largest absolute Gasteiger partial charge is 0.439 e. The first-order valence-corrected chi connectivity index (χ1v) is 10.7. The van der Waals surface area contributed by atoms with Crippen LogP contribution in [-0.4, -0.2) is 47.4 Å². The first-order valence-electron chi connectivity index (χ1n) is 10.7. The van der Waals surface area contributed by atoms with Gasteiger partial charge in [0.2, 0.25) is 11.8 Å². The number of carbonyl (C=O) groups excluding carboxylic acids is 1. The minimum atomic E-state index is -0.314. The number of hydrogen-bond acceptors (Lipinski definition) is 4. The third-order valence-corrected chi connectivity index (χ3v) is 4.93. The number of nitrogens with one attached hydrogen (secondary N) is 2. The molecule has 0 aliphatic carbocycles. The zero-order chi connectivity index (χ0) is 22.2. The Hall–Kier alpha value is -2.43. The number of nitrogens with zero attached hydrogens (tertiary/aromatic N) is 3. The molecule has 1 aliphatic heterocycles. The SMILES string of the molecule is CCNC(=NCc1ccnc(Oc2ccc(F)cc2)c1)NC1CCN(C(=O)C(C)C)C1.I. The van der Waals surface area contributed by atoms with Crippen molar-refractivity contribution in [3.63, 3.8) is 0 Å². The summed E-state index contributed by atoms with van der Waals surface area (Å²) in [5.41, 5.74) is 0.937. The molecule has 2 heterocycles. The second-order valence-electron chi connectivity index (χ2n) is 7.82. The molecule has 1 atom stereocenters. The minimum Gasteiger partial charge on any atom is -0.439 e. The molecule has 7 nitrogen and oxygen atoms in total. The van der Waals surface area contributed by atoms with Crippen LogP contribution in [0.4, 0.5) is 4.39 Å². The molecule has 1 aromatic carbocycles. The van der Waals surface area contributed by atoms with Crippen molar-refractivity contribution in [2.75, 3.05) is 19.6 Å². The molecule has 9 heteroatoms. The third kappa shape index (κ3) is 7.61. The molecule has 1 amide bonds. The number of pyridine rings is 1. The molecule has 0 spiro atoms. The quantitative estimate of drug-likeness (QED) is 0.308. The summed E-state index contributed by atoms with van der Waals surface area (Å²) >= 11 is 0. The smallest absolute Gasteiger partial charge is 0.225 e. The van der Waals surface area contributed by atoms with Crippen LogP contribution in [0, 0.1) is 11.7 Å². The van der Waals surface area contributed by atoms with Gasteiger partial charge in [0.1, 0.15) is 11.6 Å². The average molecular weight is 555 g/mol. The highest BCUT2D eigenvalue weighted by atomic mass is 127. The maximum absolute atomic E-state index is 13.1. The number of carbonyl (C=O) groups is 1. The van der Waals surface area contributed by atoms with E-state index in [0.29, 0.717) is 30.7 Å². The van der Waals surface area contributed by atoms with Crippen molar-refractivity contribution in [3.8, 4) is 11.6 Å². The fraction of sp³-hybridized carbons (Fsp3) is 0.435. The number of ether oxygens (including phenoxy) is 1. The van der Waals surface area contributed by atoms with Gasteiger partial charge in [0, 0.05) is 43.9 Å². The molecule has 1 unspecified atom stereocenters. The van der Waals surface area contributed by atoms with E-state index in [1.165, 1.54) is 12.1 Å². The Balaban J connectivity index is 0.00000363. The van der Waals surface area contributed by atoms with Crippen LogP contribution < -0.4 is 15.4 Å². The lowest BCUT2D eigenvalue weighted by atomic mass is 10.2. The zero-order valence-electron chi connectivity index (χ0n) is 18.7. The second-order valence-corrected chi connectivity index (χ2v) is 7.82. The van der Waals surface area contributed by atoms with E-state index in [1.54, 1.807) is 18.3 Å². The molecule has 32 heavy (non-hydrogen) atoms. The summed E-state index contributed by atoms with van der Waals surface area (Å²) in [6.07, 6.45) is 2.56. The van der Waals surface area contributed by atoms with Crippen molar-refractivity contribution in [1.82, 2.24) is 20.5 Å². The molecule has 1 saturated heterocycles. The lowest BCUT2D eigenvalue weighted by Crippen LogP contribution is -2.45. The lowest BCUT2D eigenvalue weighted by Gasteiger charge is -2.20. The lowest BCUT2D eigenvalue weighted by molar-refractivity contribution is -0.133. The highest BCUT2D eigenvalue weighted by Crippen LogP contribution is 2.20. The zero-order valence-corrected chi connectivity index (χ0v) is 21.0. The Morgan fingerprint density at radius 3 is 2.75 bits per heavy atom. The monoisotopic (exact) mass is 555 g/mol. The maximum Gasteiger partial charge on any atom is 0.225 e. The Kier molecular flexibility index (Phi) is 10.1. The van der Waals surface area contributed by atoms with Crippen LogP contribution in [0.1, 0.15) is 32.8 Å². The van der Waals surface area contributed by atoms with E-state index in [-0.39, 0.29) is 47.7 Å². The summed E-state index contributed by atoms with van der Waals surface area (Å²) in [5, 5.41) is 6.69. The van der Waals surface area contributed by atoms with Crippen molar-refractivity contribution < 1.29 is 13.9 Å². The predicted molar refractivity (Wildman–Crippen MR) is 134 cm³/mol. The number of hydrogen-bond donors (Lipinski definition) is 2. The van der Waals surface area contributed by atoms with Crippen LogP contribution in [0.2, 0.25) is 0 Å². The molecule has 1 aromatic heterocycles. The third-order valence-electron chi connectivity index (χ3n) is 4.93. The van der Waals surface area contributed by atoms with Gasteiger partial charge < -0.3 is 20.3 Å². The average Bonchev–Trinajstić information content (AvgIpc) is 3.22. The highest BCUT2D eigenvalue weighted by Gasteiger charge is 2.27. The molecule has 2 N–H and O–H groups in total. The Bertz CT molecular complexity index is 908. The van der Waals surface area contributed by atoms with Crippen LogP contribution in [0.3, 0.4) is 0 Å². The van der Waals surface area contributed by atoms with Gasteiger partial charge in [-0.25, -0.2) is 14.4 Å². The van der Waals surface area contributed by atoms with Crippen molar-refractivity contribution in [2.24, 2.45) is 10.9 Å². The Morgan fingerprint density at radius 1 is 1.31 bits per heavy atom. The minimum absolute atomic E-state index is 0. The van der Waals surface area contributed by atoms with Crippen molar-refractivity contribution >= 4 is 35.8 Å². The fourth-order valence-corrected chi connectivity index (χ4v) is 3.36. The molecular formula is C23H31FIN5O2. The standard InChI is InChI=1S/C23H30FN5O2.HI/c1-4-25-23(28-19-10-12-29(15-19)22(30)16(2)3)27-14-17-9-11-26-21(13-17)31-20-7-5-18(24)6-8-20;/h5-9,11,13,16,19H,4,10,12,14-15H2,1-3H3,(H2,25,27,28);1H. The van der Waals surface area contributed by atoms with Gasteiger partial charge in [-0.15, -0.1) is 24.0 Å². The summed E-state index contributed by atoms with van der Waals surface area (Å²) in [6.45, 7) is 8.51. The number of rotatable bonds is 7. The second kappa shape index (κ2) is 12.6. The Labute approximate surface area is 205 Å². The molecule has 1 fully saturated rings. The first-order chi connectivity index (χ1) is 14.9. The van der Waals surface area contributed by atoms with E-state index >= 15 is 0 Å². The van der Waals surface area contributed by atoms with Crippen molar-refractivity contribution in [1.29, 1.82) is 0 Å². The molecule has 1 aliphatic rings. The number of likely N-dealkylation sites (tertiary alicyclic amines) is 1. The number of aliphatic imine (C=N–C) groups is 1. The molecule has 0 saturated carbocycles. The van der Waals surface area contributed by atoms with Crippen LogP contribution in [-0.2, 0) is 11.3 Å². The maximum atomic E-state index is 13.1. The van der Waals surface area contributed by atoms with Crippen LogP contribution in [0.5, 0.6) is 11.6 Å². The van der Waals surface area contributed by atoms with Crippen LogP contribution in [0.25, 0.3) is 0 Å². The van der Waals surface area contributed by atoms with Gasteiger partial charge in [-0.05, 0) is 49.2 Å². The van der Waals surface area contributed by atoms with Crippen molar-refractivity contribution in [3.05, 3.63) is 54.0 Å². The van der Waals surface area contributed by atoms with Gasteiger partial charge in [0.05, 0.1) is 6.54 Å². The van der Waals surface area contributed by atoms with E-state index in [9.17, 15) is 9.18 Å². The summed E-state index contributed by atoms with van der Waals surface area (Å²) < 4.78 is 18.7. The van der Waals surface area contributed by atoms with E-state index in [0.717, 1.165) is 25.1 Å². The number of halogens is 2. The summed E-state index contributed by atoms with van der Waals surface area (Å²) in [6, 6.07) is 9.68. The van der Waals surface area contributed by atoms with E-state index in [4.69, 9.17) is 4.74 Å². The molecule has 3 rings (SSSR count). The van der Waals surface area contributed by atoms with Gasteiger partial charge in [-0.1, -0.05) is 13.8 Å². The molecular weight excluding hydrogens is 524 g/mol. The van der Waals surface area contributed by atoms with Gasteiger partial charge >= 0.3 is 0 Å². The summed E-state index contributed by atoms with van der Waals surface area (Å²) in [7, 11) is 0. The Morgan fingerprint density at radius 2 is 2.06 bits per heavy atom. The number of benzene rings is 1. The topological polar surface area (TPSA) is 78.9 Å². The fourth-order valence-electron chi connectivity index (χ4n) is 3.36. The number of aromatic nitrogens is 1. The van der Waals surface area contributed by atoms with E-state index in [2.05, 4.69) is 20.6 Å². The van der Waals surface area contributed by atoms with E-state index in [1.807, 2.05) is 37.8 Å². The van der Waals surface area contributed by atoms with Crippen LogP contribution in [0.15, 0.2) is 47.6 Å². The van der Waals surface area contributed by atoms with Gasteiger partial charge in [-0.3, -0.25) is 4.79 Å². The molecule has 0 radical (unpaired) electrons. The van der Waals surface area contributed by atoms with Crippen molar-refractivity contribution in [2.45, 2.75) is 39.8 Å². The molecule has 0 bridgehead atoms. The number of amides is 1. The first kappa shape index (κ1) is 25.8. The van der Waals surface area contributed by atoms with Crippen LogP contribution >= 0.6 is 24.0 Å². The molecule has 174 valence electrons.